The van der Waals surface area contributed by atoms with Crippen LogP contribution in [0.3, 0.4) is 0 Å². The molecule has 0 unspecified atom stereocenters. The highest BCUT2D eigenvalue weighted by molar-refractivity contribution is 6.22. The molecular weight excluding hydrogens is 364 g/mol. The summed E-state index contributed by atoms with van der Waals surface area (Å²) >= 11 is 0. The van der Waals surface area contributed by atoms with Gasteiger partial charge in [-0.3, -0.25) is 19.3 Å². The predicted molar refractivity (Wildman–Crippen MR) is 113 cm³/mol. The third-order valence-corrected chi connectivity index (χ3v) is 5.89. The van der Waals surface area contributed by atoms with E-state index in [9.17, 15) is 14.4 Å². The first kappa shape index (κ1) is 19.1. The first-order valence-electron chi connectivity index (χ1n) is 10.0. The highest BCUT2D eigenvalue weighted by Gasteiger charge is 2.50. The lowest BCUT2D eigenvalue weighted by molar-refractivity contribution is -0.122. The summed E-state index contributed by atoms with van der Waals surface area (Å²) in [5.74, 6) is -1.21. The third-order valence-electron chi connectivity index (χ3n) is 5.89. The van der Waals surface area contributed by atoms with Gasteiger partial charge in [0.05, 0.1) is 17.5 Å². The van der Waals surface area contributed by atoms with Gasteiger partial charge >= 0.3 is 0 Å². The Hall–Kier alpha value is -3.21. The zero-order valence-corrected chi connectivity index (χ0v) is 16.6. The minimum absolute atomic E-state index is 0.0345. The topological polar surface area (TPSA) is 66.5 Å². The number of para-hydroxylation sites is 1. The van der Waals surface area contributed by atoms with Crippen molar-refractivity contribution in [2.24, 2.45) is 17.8 Å². The van der Waals surface area contributed by atoms with Gasteiger partial charge in [0.25, 0.3) is 5.91 Å². The van der Waals surface area contributed by atoms with Crippen molar-refractivity contribution in [3.05, 3.63) is 71.8 Å². The maximum atomic E-state index is 13.0. The monoisotopic (exact) mass is 388 g/mol. The van der Waals surface area contributed by atoms with E-state index >= 15 is 0 Å². The molecule has 2 aromatic rings. The molecule has 0 radical (unpaired) electrons. The molecule has 0 spiro atoms. The van der Waals surface area contributed by atoms with Crippen LogP contribution in [0.5, 0.6) is 0 Å². The summed E-state index contributed by atoms with van der Waals surface area (Å²) in [6.45, 7) is 4.00. The van der Waals surface area contributed by atoms with Gasteiger partial charge in [-0.15, -0.1) is 0 Å². The molecule has 2 aromatic carbocycles. The number of aryl methyl sites for hydroxylation is 1. The van der Waals surface area contributed by atoms with Gasteiger partial charge in [0.2, 0.25) is 11.8 Å². The zero-order valence-electron chi connectivity index (χ0n) is 16.6. The molecule has 1 N–H and O–H groups in total. The highest BCUT2D eigenvalue weighted by Crippen LogP contribution is 2.40. The lowest BCUT2D eigenvalue weighted by Gasteiger charge is -2.22. The summed E-state index contributed by atoms with van der Waals surface area (Å²) < 4.78 is 0. The number of hydrogen-bond donors (Lipinski definition) is 1. The number of amides is 3. The molecule has 2 aliphatic rings. The molecule has 1 saturated heterocycles. The van der Waals surface area contributed by atoms with Crippen LogP contribution in [0.1, 0.15) is 36.2 Å². The molecule has 0 bridgehead atoms. The molecule has 5 nitrogen and oxygen atoms in total. The van der Waals surface area contributed by atoms with Crippen molar-refractivity contribution >= 4 is 29.1 Å². The normalized spacial score (nSPS) is 23.2. The van der Waals surface area contributed by atoms with E-state index < -0.39 is 0 Å². The number of fused-ring (bicyclic) bond motifs is 1. The Morgan fingerprint density at radius 1 is 1.10 bits per heavy atom. The van der Waals surface area contributed by atoms with Gasteiger partial charge in [0.15, 0.2) is 0 Å². The number of imide groups is 1. The fraction of sp³-hybridized carbons (Fsp3) is 0.292. The van der Waals surface area contributed by atoms with Gasteiger partial charge in [-0.25, -0.2) is 0 Å². The molecule has 5 heteroatoms. The second-order valence-electron chi connectivity index (χ2n) is 7.68. The lowest BCUT2D eigenvalue weighted by Crippen LogP contribution is -2.31. The molecule has 148 valence electrons. The molecule has 0 aromatic heterocycles. The standard InChI is InChI=1S/C24H24N2O3/c1-3-16-9-4-5-13-20(16)25-22(27)17-10-7-11-18(14-17)26-23(28)19-12-6-8-15(2)21(19)24(26)29/h4-11,13-15,19,21H,3,12H2,1-2H3,(H,25,27)/t15-,19+,21+/m1/s1. The Balaban J connectivity index is 1.60. The number of carbonyl (C=O) groups excluding carboxylic acids is 3. The maximum Gasteiger partial charge on any atom is 0.255 e. The number of nitrogens with zero attached hydrogens (tertiary/aromatic N) is 1. The van der Waals surface area contributed by atoms with Crippen molar-refractivity contribution in [2.45, 2.75) is 26.7 Å². The van der Waals surface area contributed by atoms with E-state index in [4.69, 9.17) is 0 Å². The average Bonchev–Trinajstić information content (AvgIpc) is 2.99. The van der Waals surface area contributed by atoms with Crippen LogP contribution < -0.4 is 10.2 Å². The van der Waals surface area contributed by atoms with Gasteiger partial charge in [0, 0.05) is 11.3 Å². The third kappa shape index (κ3) is 3.37. The first-order valence-corrected chi connectivity index (χ1v) is 10.0. The van der Waals surface area contributed by atoms with Crippen LogP contribution in [-0.4, -0.2) is 17.7 Å². The van der Waals surface area contributed by atoms with Gasteiger partial charge in [0.1, 0.15) is 0 Å². The molecule has 1 aliphatic carbocycles. The van der Waals surface area contributed by atoms with Crippen molar-refractivity contribution in [1.29, 1.82) is 0 Å². The number of carbonyl (C=O) groups is 3. The van der Waals surface area contributed by atoms with Crippen LogP contribution in [0, 0.1) is 17.8 Å². The molecule has 4 rings (SSSR count). The average molecular weight is 388 g/mol. The van der Waals surface area contributed by atoms with Gasteiger partial charge < -0.3 is 5.32 Å². The van der Waals surface area contributed by atoms with E-state index in [2.05, 4.69) is 5.32 Å². The summed E-state index contributed by atoms with van der Waals surface area (Å²) in [5.41, 5.74) is 2.69. The Kier molecular flexibility index (Phi) is 5.05. The summed E-state index contributed by atoms with van der Waals surface area (Å²) in [4.78, 5) is 40.0. The zero-order chi connectivity index (χ0) is 20.5. The molecule has 3 amide bonds. The second-order valence-corrected chi connectivity index (χ2v) is 7.68. The molecule has 29 heavy (non-hydrogen) atoms. The number of anilines is 2. The van der Waals surface area contributed by atoms with Crippen molar-refractivity contribution < 1.29 is 14.4 Å². The van der Waals surface area contributed by atoms with Gasteiger partial charge in [-0.05, 0) is 48.6 Å². The van der Waals surface area contributed by atoms with Crippen molar-refractivity contribution in [3.63, 3.8) is 0 Å². The van der Waals surface area contributed by atoms with E-state index in [1.54, 1.807) is 24.3 Å². The van der Waals surface area contributed by atoms with E-state index in [0.29, 0.717) is 17.7 Å². The summed E-state index contributed by atoms with van der Waals surface area (Å²) in [6, 6.07) is 14.4. The molecule has 3 atom stereocenters. The first-order chi connectivity index (χ1) is 14.0. The lowest BCUT2D eigenvalue weighted by atomic mass is 9.78. The fourth-order valence-corrected chi connectivity index (χ4v) is 4.33. The fourth-order valence-electron chi connectivity index (χ4n) is 4.33. The van der Waals surface area contributed by atoms with E-state index in [1.165, 1.54) is 4.90 Å². The van der Waals surface area contributed by atoms with Gasteiger partial charge in [-0.1, -0.05) is 50.3 Å². The van der Waals surface area contributed by atoms with Crippen LogP contribution in [0.25, 0.3) is 0 Å². The summed E-state index contributed by atoms with van der Waals surface area (Å²) in [7, 11) is 0. The summed E-state index contributed by atoms with van der Waals surface area (Å²) in [5, 5.41) is 2.94. The minimum Gasteiger partial charge on any atom is -0.322 e. The Labute approximate surface area is 170 Å². The Morgan fingerprint density at radius 3 is 2.66 bits per heavy atom. The molecule has 0 saturated carbocycles. The van der Waals surface area contributed by atoms with Crippen LogP contribution in [0.4, 0.5) is 11.4 Å². The quantitative estimate of drug-likeness (QED) is 0.630. The SMILES string of the molecule is CCc1ccccc1NC(=O)c1cccc(N2C(=O)[C@H]3[C@H](C)C=CC[C@@H]3C2=O)c1. The van der Waals surface area contributed by atoms with Crippen LogP contribution in [-0.2, 0) is 16.0 Å². The number of nitrogens with one attached hydrogen (secondary N) is 1. The van der Waals surface area contributed by atoms with Crippen molar-refractivity contribution in [3.8, 4) is 0 Å². The Bertz CT molecular complexity index is 1010. The number of allylic oxidation sites excluding steroid dienone is 2. The Morgan fingerprint density at radius 2 is 1.90 bits per heavy atom. The molecule has 1 heterocycles. The van der Waals surface area contributed by atoms with E-state index in [0.717, 1.165) is 17.7 Å². The largest absolute Gasteiger partial charge is 0.322 e. The van der Waals surface area contributed by atoms with Crippen molar-refractivity contribution in [1.82, 2.24) is 0 Å². The predicted octanol–water partition coefficient (Wildman–Crippen LogP) is 4.20. The molecule has 1 aliphatic heterocycles. The van der Waals surface area contributed by atoms with Crippen molar-refractivity contribution in [2.75, 3.05) is 10.2 Å². The van der Waals surface area contributed by atoms with Crippen LogP contribution in [0.2, 0.25) is 0 Å². The number of rotatable bonds is 4. The summed E-state index contributed by atoms with van der Waals surface area (Å²) in [6.07, 6.45) is 5.38. The highest BCUT2D eigenvalue weighted by atomic mass is 16.2. The van der Waals surface area contributed by atoms with Gasteiger partial charge in [-0.2, -0.15) is 0 Å². The minimum atomic E-state index is -0.318. The van der Waals surface area contributed by atoms with E-state index in [-0.39, 0.29) is 35.5 Å². The smallest absolute Gasteiger partial charge is 0.255 e. The second kappa shape index (κ2) is 7.66. The maximum absolute atomic E-state index is 13.0. The number of benzene rings is 2. The number of hydrogen-bond acceptors (Lipinski definition) is 3. The molecule has 1 fully saturated rings. The van der Waals surface area contributed by atoms with E-state index in [1.807, 2.05) is 50.3 Å². The van der Waals surface area contributed by atoms with Crippen LogP contribution in [0.15, 0.2) is 60.7 Å². The molecular formula is C24H24N2O3. The van der Waals surface area contributed by atoms with Crippen LogP contribution >= 0.6 is 0 Å².